The second-order valence-electron chi connectivity index (χ2n) is 6.89. The highest BCUT2D eigenvalue weighted by Crippen LogP contribution is 2.20. The predicted octanol–water partition coefficient (Wildman–Crippen LogP) is 1.67. The lowest BCUT2D eigenvalue weighted by Gasteiger charge is -2.35. The molecule has 138 valence electrons. The molecule has 1 aliphatic rings. The van der Waals surface area contributed by atoms with Crippen molar-refractivity contribution in [3.8, 4) is 0 Å². The average molecular weight is 349 g/mol. The lowest BCUT2D eigenvalue weighted by atomic mass is 9.94. The summed E-state index contributed by atoms with van der Waals surface area (Å²) in [6, 6.07) is 6.12. The fourth-order valence-electron chi connectivity index (χ4n) is 3.19. The first kappa shape index (κ1) is 19.4. The number of nitrogens with one attached hydrogen (secondary N) is 1. The highest BCUT2D eigenvalue weighted by atomic mass is 19.1. The Morgan fingerprint density at radius 3 is 2.40 bits per heavy atom. The van der Waals surface area contributed by atoms with Crippen LogP contribution in [0.3, 0.4) is 0 Å². The van der Waals surface area contributed by atoms with Gasteiger partial charge < -0.3 is 10.2 Å². The lowest BCUT2D eigenvalue weighted by Crippen LogP contribution is -2.50. The van der Waals surface area contributed by atoms with Crippen LogP contribution in [0.15, 0.2) is 24.3 Å². The SMILES string of the molecule is CC(C(=O)NCCc1ccc(F)cc1)N1CCC(C(=O)N(C)C)CC1. The van der Waals surface area contributed by atoms with Gasteiger partial charge in [0.15, 0.2) is 0 Å². The van der Waals surface area contributed by atoms with Crippen LogP contribution < -0.4 is 5.32 Å². The summed E-state index contributed by atoms with van der Waals surface area (Å²) in [5.41, 5.74) is 0.998. The van der Waals surface area contributed by atoms with E-state index in [0.717, 1.165) is 31.5 Å². The zero-order valence-corrected chi connectivity index (χ0v) is 15.3. The van der Waals surface area contributed by atoms with Crippen molar-refractivity contribution in [3.05, 3.63) is 35.6 Å². The quantitative estimate of drug-likeness (QED) is 0.850. The van der Waals surface area contributed by atoms with Crippen molar-refractivity contribution < 1.29 is 14.0 Å². The molecule has 1 saturated heterocycles. The summed E-state index contributed by atoms with van der Waals surface area (Å²) in [7, 11) is 3.57. The van der Waals surface area contributed by atoms with E-state index in [-0.39, 0.29) is 29.6 Å². The number of hydrogen-bond donors (Lipinski definition) is 1. The normalized spacial score (nSPS) is 17.1. The molecule has 1 aromatic rings. The Morgan fingerprint density at radius 2 is 1.84 bits per heavy atom. The van der Waals surface area contributed by atoms with Crippen LogP contribution in [0.4, 0.5) is 4.39 Å². The zero-order valence-electron chi connectivity index (χ0n) is 15.3. The van der Waals surface area contributed by atoms with Crippen LogP contribution in [-0.4, -0.2) is 61.4 Å². The fraction of sp³-hybridized carbons (Fsp3) is 0.579. The molecule has 1 aliphatic heterocycles. The van der Waals surface area contributed by atoms with Crippen molar-refractivity contribution >= 4 is 11.8 Å². The maximum atomic E-state index is 12.9. The highest BCUT2D eigenvalue weighted by Gasteiger charge is 2.30. The first-order valence-corrected chi connectivity index (χ1v) is 8.86. The van der Waals surface area contributed by atoms with Crippen LogP contribution in [0.5, 0.6) is 0 Å². The molecule has 0 aromatic heterocycles. The van der Waals surface area contributed by atoms with Crippen molar-refractivity contribution in [2.24, 2.45) is 5.92 Å². The van der Waals surface area contributed by atoms with Gasteiger partial charge in [-0.1, -0.05) is 12.1 Å². The van der Waals surface area contributed by atoms with E-state index in [0.29, 0.717) is 13.0 Å². The third-order valence-electron chi connectivity index (χ3n) is 4.87. The largest absolute Gasteiger partial charge is 0.354 e. The zero-order chi connectivity index (χ0) is 18.4. The summed E-state index contributed by atoms with van der Waals surface area (Å²) in [4.78, 5) is 28.1. The molecule has 2 rings (SSSR count). The maximum absolute atomic E-state index is 12.9. The van der Waals surface area contributed by atoms with Gasteiger partial charge in [0.25, 0.3) is 0 Å². The van der Waals surface area contributed by atoms with E-state index < -0.39 is 0 Å². The molecule has 6 heteroatoms. The molecule has 0 spiro atoms. The molecule has 1 unspecified atom stereocenters. The summed E-state index contributed by atoms with van der Waals surface area (Å²) in [6.45, 7) is 3.96. The van der Waals surface area contributed by atoms with Gasteiger partial charge in [-0.3, -0.25) is 14.5 Å². The molecule has 1 aromatic carbocycles. The van der Waals surface area contributed by atoms with E-state index in [9.17, 15) is 14.0 Å². The first-order valence-electron chi connectivity index (χ1n) is 8.86. The molecule has 1 N–H and O–H groups in total. The smallest absolute Gasteiger partial charge is 0.237 e. The number of nitrogens with zero attached hydrogens (tertiary/aromatic N) is 2. The predicted molar refractivity (Wildman–Crippen MR) is 95.6 cm³/mol. The molecule has 0 saturated carbocycles. The van der Waals surface area contributed by atoms with Crippen LogP contribution >= 0.6 is 0 Å². The average Bonchev–Trinajstić information content (AvgIpc) is 2.62. The second kappa shape index (κ2) is 8.94. The number of likely N-dealkylation sites (tertiary alicyclic amines) is 1. The van der Waals surface area contributed by atoms with Gasteiger partial charge in [0.1, 0.15) is 5.82 Å². The van der Waals surface area contributed by atoms with Crippen LogP contribution in [0, 0.1) is 11.7 Å². The lowest BCUT2D eigenvalue weighted by molar-refractivity contribution is -0.135. The van der Waals surface area contributed by atoms with Gasteiger partial charge in [-0.15, -0.1) is 0 Å². The third kappa shape index (κ3) is 5.53. The molecular weight excluding hydrogens is 321 g/mol. The van der Waals surface area contributed by atoms with Crippen molar-refractivity contribution in [3.63, 3.8) is 0 Å². The molecule has 0 bridgehead atoms. The number of hydrogen-bond acceptors (Lipinski definition) is 3. The molecule has 0 aliphatic carbocycles. The van der Waals surface area contributed by atoms with Crippen molar-refractivity contribution in [2.45, 2.75) is 32.2 Å². The molecule has 1 atom stereocenters. The minimum absolute atomic E-state index is 0.000465. The molecule has 1 heterocycles. The molecule has 0 radical (unpaired) electrons. The van der Waals surface area contributed by atoms with Crippen LogP contribution in [-0.2, 0) is 16.0 Å². The summed E-state index contributed by atoms with van der Waals surface area (Å²) >= 11 is 0. The number of rotatable bonds is 6. The minimum atomic E-state index is -0.252. The van der Waals surface area contributed by atoms with E-state index in [1.165, 1.54) is 12.1 Å². The first-order chi connectivity index (χ1) is 11.9. The molecule has 5 nitrogen and oxygen atoms in total. The Balaban J connectivity index is 1.73. The molecule has 1 fully saturated rings. The fourth-order valence-corrected chi connectivity index (χ4v) is 3.19. The number of halogens is 1. The monoisotopic (exact) mass is 349 g/mol. The van der Waals surface area contributed by atoms with Crippen LogP contribution in [0.1, 0.15) is 25.3 Å². The van der Waals surface area contributed by atoms with E-state index >= 15 is 0 Å². The van der Waals surface area contributed by atoms with Gasteiger partial charge in [0.05, 0.1) is 6.04 Å². The van der Waals surface area contributed by atoms with Gasteiger partial charge in [0.2, 0.25) is 11.8 Å². The molecular formula is C19H28FN3O2. The number of amides is 2. The van der Waals surface area contributed by atoms with E-state index in [4.69, 9.17) is 0 Å². The van der Waals surface area contributed by atoms with Gasteiger partial charge >= 0.3 is 0 Å². The topological polar surface area (TPSA) is 52.7 Å². The molecule has 25 heavy (non-hydrogen) atoms. The Kier molecular flexibility index (Phi) is 6.93. The second-order valence-corrected chi connectivity index (χ2v) is 6.89. The summed E-state index contributed by atoms with van der Waals surface area (Å²) in [5.74, 6) is -0.00639. The minimum Gasteiger partial charge on any atom is -0.354 e. The van der Waals surface area contributed by atoms with Crippen LogP contribution in [0.25, 0.3) is 0 Å². The van der Waals surface area contributed by atoms with Crippen molar-refractivity contribution in [1.29, 1.82) is 0 Å². The van der Waals surface area contributed by atoms with Crippen LogP contribution in [0.2, 0.25) is 0 Å². The standard InChI is InChI=1S/C19H28FN3O2/c1-14(23-12-9-16(10-13-23)19(25)22(2)3)18(24)21-11-8-15-4-6-17(20)7-5-15/h4-7,14,16H,8-13H2,1-3H3,(H,21,24). The highest BCUT2D eigenvalue weighted by molar-refractivity contribution is 5.81. The van der Waals surface area contributed by atoms with Gasteiger partial charge in [0, 0.05) is 26.6 Å². The number of carbonyl (C=O) groups excluding carboxylic acids is 2. The number of benzene rings is 1. The summed E-state index contributed by atoms with van der Waals surface area (Å²) in [6.07, 6.45) is 2.27. The Bertz CT molecular complexity index is 581. The Morgan fingerprint density at radius 1 is 1.24 bits per heavy atom. The van der Waals surface area contributed by atoms with Gasteiger partial charge in [-0.2, -0.15) is 0 Å². The van der Waals surface area contributed by atoms with Crippen molar-refractivity contribution in [1.82, 2.24) is 15.1 Å². The van der Waals surface area contributed by atoms with E-state index in [1.54, 1.807) is 31.1 Å². The summed E-state index contributed by atoms with van der Waals surface area (Å²) in [5, 5.41) is 2.95. The molecule has 2 amide bonds. The Labute approximate surface area is 149 Å². The van der Waals surface area contributed by atoms with Gasteiger partial charge in [-0.05, 0) is 57.0 Å². The van der Waals surface area contributed by atoms with E-state index in [1.807, 2.05) is 6.92 Å². The van der Waals surface area contributed by atoms with Gasteiger partial charge in [-0.25, -0.2) is 4.39 Å². The number of piperidine rings is 1. The van der Waals surface area contributed by atoms with E-state index in [2.05, 4.69) is 10.2 Å². The third-order valence-corrected chi connectivity index (χ3v) is 4.87. The summed E-state index contributed by atoms with van der Waals surface area (Å²) < 4.78 is 12.9. The van der Waals surface area contributed by atoms with Crippen molar-refractivity contribution in [2.75, 3.05) is 33.7 Å². The maximum Gasteiger partial charge on any atom is 0.237 e. The number of carbonyl (C=O) groups is 2. The Hall–Kier alpha value is -1.95.